The molecular weight excluding hydrogens is 224 g/mol. The van der Waals surface area contributed by atoms with Gasteiger partial charge in [0.1, 0.15) is 30.8 Å². The number of hydrogen-bond donors (Lipinski definition) is 6. The predicted molar refractivity (Wildman–Crippen MR) is 48.4 cm³/mol. The fourth-order valence-electron chi connectivity index (χ4n) is 0.898. The Kier molecular flexibility index (Phi) is 5.29. The number of ketones is 1. The molecule has 0 saturated carbocycles. The van der Waals surface area contributed by atoms with E-state index < -0.39 is 49.2 Å². The van der Waals surface area contributed by atoms with Crippen LogP contribution in [0.2, 0.25) is 0 Å². The van der Waals surface area contributed by atoms with E-state index in [0.717, 1.165) is 0 Å². The van der Waals surface area contributed by atoms with Crippen molar-refractivity contribution in [1.29, 1.82) is 0 Å². The van der Waals surface area contributed by atoms with Crippen LogP contribution in [0, 0.1) is 0 Å². The molecule has 6 N–H and O–H groups in total. The first kappa shape index (κ1) is 13.0. The molecule has 0 rings (SSSR count). The molecule has 0 heterocycles. The lowest BCUT2D eigenvalue weighted by molar-refractivity contribution is -0.152. The largest absolute Gasteiger partial charge is 0.481 e. The van der Waals surface area contributed by atoms with Crippen LogP contribution in [0.25, 0.3) is 0 Å². The monoisotopic (exact) mass is 239 g/mol. The standard InChI is InChI=1S/C8H14O8/c9-2-4(11)7(15)8(16)6(14)3(10)1-5(12)13/h4,6-9,11,14-16H,1-2H2,(H,12,13)/t4-,6+,7-,8-/m1/s1/i1D/t1?,4-,6+,7-,8-. The van der Waals surface area contributed by atoms with Gasteiger partial charge in [-0.15, -0.1) is 0 Å². The molecule has 0 fully saturated rings. The van der Waals surface area contributed by atoms with Crippen molar-refractivity contribution < 1.29 is 41.6 Å². The number of carbonyl (C=O) groups excluding carboxylic acids is 1. The molecule has 0 aromatic carbocycles. The number of Topliss-reactive ketones (excluding diaryl/α,β-unsaturated/α-hetero) is 1. The number of aliphatic hydroxyl groups is 5. The van der Waals surface area contributed by atoms with Crippen molar-refractivity contribution in [2.75, 3.05) is 6.61 Å². The summed E-state index contributed by atoms with van der Waals surface area (Å²) in [5, 5.41) is 53.3. The maximum absolute atomic E-state index is 11.1. The summed E-state index contributed by atoms with van der Waals surface area (Å²) in [6.07, 6.45) is -10.7. The van der Waals surface area contributed by atoms with Gasteiger partial charge in [0.15, 0.2) is 5.78 Å². The zero-order valence-electron chi connectivity index (χ0n) is 9.09. The van der Waals surface area contributed by atoms with E-state index in [1.54, 1.807) is 0 Å². The molecule has 0 aliphatic rings. The summed E-state index contributed by atoms with van der Waals surface area (Å²) in [4.78, 5) is 21.4. The van der Waals surface area contributed by atoms with Crippen LogP contribution in [-0.4, -0.2) is 73.4 Å². The van der Waals surface area contributed by atoms with E-state index >= 15 is 0 Å². The summed E-state index contributed by atoms with van der Waals surface area (Å²) in [5.41, 5.74) is 0. The fourth-order valence-corrected chi connectivity index (χ4v) is 0.898. The Balaban J connectivity index is 4.64. The molecule has 0 radical (unpaired) electrons. The summed E-state index contributed by atoms with van der Waals surface area (Å²) in [6.45, 7) is -0.928. The van der Waals surface area contributed by atoms with Crippen LogP contribution in [-0.2, 0) is 9.59 Å². The average molecular weight is 239 g/mol. The molecule has 0 aromatic rings. The molecule has 0 spiro atoms. The van der Waals surface area contributed by atoms with E-state index in [2.05, 4.69) is 0 Å². The first-order valence-corrected chi connectivity index (χ1v) is 4.26. The van der Waals surface area contributed by atoms with Crippen molar-refractivity contribution >= 4 is 11.8 Å². The summed E-state index contributed by atoms with van der Waals surface area (Å²) >= 11 is 0. The van der Waals surface area contributed by atoms with Gasteiger partial charge in [-0.3, -0.25) is 9.59 Å². The zero-order valence-corrected chi connectivity index (χ0v) is 8.09. The Hall–Kier alpha value is -1.06. The highest BCUT2D eigenvalue weighted by Gasteiger charge is 2.34. The summed E-state index contributed by atoms with van der Waals surface area (Å²) < 4.78 is 6.84. The third-order valence-electron chi connectivity index (χ3n) is 1.81. The van der Waals surface area contributed by atoms with Gasteiger partial charge in [0.05, 0.1) is 6.61 Å². The molecular formula is C8H14O8. The van der Waals surface area contributed by atoms with Crippen LogP contribution in [0.1, 0.15) is 7.77 Å². The van der Waals surface area contributed by atoms with Gasteiger partial charge in [0, 0.05) is 1.37 Å². The molecule has 1 unspecified atom stereocenters. The highest BCUT2D eigenvalue weighted by Crippen LogP contribution is 2.07. The van der Waals surface area contributed by atoms with Crippen LogP contribution in [0.5, 0.6) is 0 Å². The van der Waals surface area contributed by atoms with Crippen LogP contribution in [0.4, 0.5) is 0 Å². The van der Waals surface area contributed by atoms with Gasteiger partial charge in [-0.25, -0.2) is 0 Å². The highest BCUT2D eigenvalue weighted by molar-refractivity contribution is 5.97. The van der Waals surface area contributed by atoms with Gasteiger partial charge in [-0.05, 0) is 0 Å². The molecule has 0 aliphatic carbocycles. The van der Waals surface area contributed by atoms with E-state index in [9.17, 15) is 19.8 Å². The number of rotatable bonds is 7. The van der Waals surface area contributed by atoms with Gasteiger partial charge in [-0.1, -0.05) is 0 Å². The van der Waals surface area contributed by atoms with Gasteiger partial charge in [-0.2, -0.15) is 0 Å². The number of carboxylic acid groups (broad SMARTS) is 1. The molecule has 8 nitrogen and oxygen atoms in total. The number of aliphatic hydroxyl groups excluding tert-OH is 5. The third-order valence-corrected chi connectivity index (χ3v) is 1.81. The van der Waals surface area contributed by atoms with Gasteiger partial charge < -0.3 is 30.6 Å². The van der Waals surface area contributed by atoms with Crippen molar-refractivity contribution in [3.05, 3.63) is 0 Å². The summed E-state index contributed by atoms with van der Waals surface area (Å²) in [6, 6.07) is 0. The Morgan fingerprint density at radius 2 is 1.62 bits per heavy atom. The van der Waals surface area contributed by atoms with Crippen molar-refractivity contribution in [2.45, 2.75) is 30.8 Å². The third kappa shape index (κ3) is 4.21. The molecule has 0 amide bonds. The average Bonchev–Trinajstić information content (AvgIpc) is 2.32. The van der Waals surface area contributed by atoms with E-state index in [-0.39, 0.29) is 0 Å². The van der Waals surface area contributed by atoms with Gasteiger partial charge in [0.25, 0.3) is 0 Å². The minimum absolute atomic E-state index is 0.928. The molecule has 0 aliphatic heterocycles. The predicted octanol–water partition coefficient (Wildman–Crippen LogP) is -3.53. The summed E-state index contributed by atoms with van der Waals surface area (Å²) in [5.74, 6) is -3.35. The lowest BCUT2D eigenvalue weighted by Crippen LogP contribution is -2.48. The van der Waals surface area contributed by atoms with E-state index in [0.29, 0.717) is 0 Å². The summed E-state index contributed by atoms with van der Waals surface area (Å²) in [7, 11) is 0. The normalized spacial score (nSPS) is 21.4. The van der Waals surface area contributed by atoms with Crippen molar-refractivity contribution in [2.24, 2.45) is 0 Å². The Morgan fingerprint density at radius 1 is 1.12 bits per heavy atom. The number of carbonyl (C=O) groups is 2. The maximum Gasteiger partial charge on any atom is 0.310 e. The number of carboxylic acids is 1. The Bertz CT molecular complexity index is 283. The van der Waals surface area contributed by atoms with Crippen molar-refractivity contribution in [3.8, 4) is 0 Å². The minimum atomic E-state index is -2.34. The second kappa shape index (κ2) is 6.51. The molecule has 5 atom stereocenters. The lowest BCUT2D eigenvalue weighted by Gasteiger charge is -2.24. The topological polar surface area (TPSA) is 156 Å². The van der Waals surface area contributed by atoms with E-state index in [4.69, 9.17) is 21.8 Å². The zero-order chi connectivity index (χ0) is 13.7. The maximum atomic E-state index is 11.1. The van der Waals surface area contributed by atoms with E-state index in [1.165, 1.54) is 0 Å². The van der Waals surface area contributed by atoms with Crippen LogP contribution < -0.4 is 0 Å². The molecule has 0 aromatic heterocycles. The highest BCUT2D eigenvalue weighted by atomic mass is 16.4. The molecule has 16 heavy (non-hydrogen) atoms. The molecule has 8 heteroatoms. The first-order valence-electron chi connectivity index (χ1n) is 4.83. The molecule has 0 bridgehead atoms. The SMILES string of the molecule is [2H]C(C(=O)O)C(=O)[C@H](O)[C@@H](O)[C@H](O)[C@H](O)CO. The van der Waals surface area contributed by atoms with Crippen LogP contribution in [0.3, 0.4) is 0 Å². The van der Waals surface area contributed by atoms with Gasteiger partial charge in [0.2, 0.25) is 0 Å². The van der Waals surface area contributed by atoms with Crippen molar-refractivity contribution in [3.63, 3.8) is 0 Å². The van der Waals surface area contributed by atoms with Gasteiger partial charge >= 0.3 is 5.97 Å². The van der Waals surface area contributed by atoms with Crippen LogP contribution in [0.15, 0.2) is 0 Å². The number of aliphatic carboxylic acids is 1. The smallest absolute Gasteiger partial charge is 0.310 e. The minimum Gasteiger partial charge on any atom is -0.481 e. The Morgan fingerprint density at radius 3 is 2.00 bits per heavy atom. The van der Waals surface area contributed by atoms with Crippen LogP contribution >= 0.6 is 0 Å². The van der Waals surface area contributed by atoms with E-state index in [1.807, 2.05) is 0 Å². The first-order chi connectivity index (χ1) is 7.73. The lowest BCUT2D eigenvalue weighted by atomic mass is 9.99. The molecule has 94 valence electrons. The number of hydrogen-bond acceptors (Lipinski definition) is 7. The second-order valence-corrected chi connectivity index (χ2v) is 3.06. The second-order valence-electron chi connectivity index (χ2n) is 3.06. The Labute approximate surface area is 91.8 Å². The quantitative estimate of drug-likeness (QED) is 0.249. The fraction of sp³-hybridized carbons (Fsp3) is 0.750. The molecule has 0 saturated heterocycles. The van der Waals surface area contributed by atoms with Crippen molar-refractivity contribution in [1.82, 2.24) is 0 Å².